The second kappa shape index (κ2) is 7.35. The summed E-state index contributed by atoms with van der Waals surface area (Å²) in [5.74, 6) is 4.59. The number of hydrogen-bond acceptors (Lipinski definition) is 7. The molecular weight excluding hydrogens is 276 g/mol. The first-order chi connectivity index (χ1) is 9.65. The fraction of sp³-hybridized carbons (Fsp3) is 0.538. The van der Waals surface area contributed by atoms with Crippen molar-refractivity contribution in [2.24, 2.45) is 0 Å². The van der Waals surface area contributed by atoms with Gasteiger partial charge in [0, 0.05) is 12.3 Å². The van der Waals surface area contributed by atoms with Crippen molar-refractivity contribution in [3.05, 3.63) is 29.3 Å². The third kappa shape index (κ3) is 4.57. The largest absolute Gasteiger partial charge is 0.464 e. The van der Waals surface area contributed by atoms with E-state index in [-0.39, 0.29) is 0 Å². The fourth-order valence-corrected chi connectivity index (χ4v) is 2.45. The van der Waals surface area contributed by atoms with Gasteiger partial charge in [0.05, 0.1) is 12.3 Å². The van der Waals surface area contributed by atoms with Crippen molar-refractivity contribution < 1.29 is 9.05 Å². The molecule has 0 saturated heterocycles. The highest BCUT2D eigenvalue weighted by Crippen LogP contribution is 2.16. The Morgan fingerprint density at radius 2 is 2.05 bits per heavy atom. The molecule has 110 valence electrons. The Bertz CT molecular complexity index is 524. The number of aryl methyl sites for hydroxylation is 1. The minimum atomic E-state index is 0.719. The lowest BCUT2D eigenvalue weighted by atomic mass is 10.4. The summed E-state index contributed by atoms with van der Waals surface area (Å²) >= 11 is 1.82. The molecule has 0 unspecified atom stereocenters. The van der Waals surface area contributed by atoms with Crippen LogP contribution in [0.15, 0.2) is 21.2 Å². The van der Waals surface area contributed by atoms with Crippen LogP contribution in [-0.2, 0) is 12.3 Å². The summed E-state index contributed by atoms with van der Waals surface area (Å²) in [6.45, 7) is 3.52. The standard InChI is InChI=1S/C13H20N4O2S/c1-10-13(16-19-15-10)14-6-7-20-9-12-5-4-11(18-12)8-17(2)3/h4-5H,6-9H2,1-3H3,(H,14,16). The molecule has 2 heterocycles. The van der Waals surface area contributed by atoms with E-state index in [0.29, 0.717) is 0 Å². The Morgan fingerprint density at radius 1 is 1.25 bits per heavy atom. The fourth-order valence-electron chi connectivity index (χ4n) is 1.70. The molecule has 20 heavy (non-hydrogen) atoms. The maximum absolute atomic E-state index is 5.75. The SMILES string of the molecule is Cc1nonc1NCCSCc1ccc(CN(C)C)o1. The van der Waals surface area contributed by atoms with Gasteiger partial charge < -0.3 is 14.6 Å². The van der Waals surface area contributed by atoms with Gasteiger partial charge in [0.2, 0.25) is 0 Å². The van der Waals surface area contributed by atoms with E-state index in [1.165, 1.54) is 0 Å². The number of nitrogens with zero attached hydrogens (tertiary/aromatic N) is 3. The molecule has 0 aliphatic carbocycles. The molecule has 0 bridgehead atoms. The monoisotopic (exact) mass is 296 g/mol. The zero-order valence-electron chi connectivity index (χ0n) is 12.0. The number of anilines is 1. The van der Waals surface area contributed by atoms with Crippen LogP contribution in [0.5, 0.6) is 0 Å². The predicted molar refractivity (Wildman–Crippen MR) is 79.8 cm³/mol. The van der Waals surface area contributed by atoms with Crippen LogP contribution in [0.2, 0.25) is 0 Å². The highest BCUT2D eigenvalue weighted by Gasteiger charge is 2.05. The molecule has 0 fully saturated rings. The van der Waals surface area contributed by atoms with Gasteiger partial charge in [-0.15, -0.1) is 0 Å². The Hall–Kier alpha value is -1.47. The van der Waals surface area contributed by atoms with Crippen LogP contribution in [0.1, 0.15) is 17.2 Å². The summed E-state index contributed by atoms with van der Waals surface area (Å²) in [6.07, 6.45) is 0. The molecule has 0 radical (unpaired) electrons. The summed E-state index contributed by atoms with van der Waals surface area (Å²) < 4.78 is 10.4. The maximum atomic E-state index is 5.75. The molecule has 1 N–H and O–H groups in total. The van der Waals surface area contributed by atoms with Gasteiger partial charge in [-0.25, -0.2) is 4.63 Å². The third-order valence-corrected chi connectivity index (χ3v) is 3.61. The molecule has 2 aromatic heterocycles. The van der Waals surface area contributed by atoms with Crippen LogP contribution in [0.4, 0.5) is 5.82 Å². The summed E-state index contributed by atoms with van der Waals surface area (Å²) in [6, 6.07) is 4.09. The highest BCUT2D eigenvalue weighted by molar-refractivity contribution is 7.98. The van der Waals surface area contributed by atoms with Gasteiger partial charge >= 0.3 is 0 Å². The van der Waals surface area contributed by atoms with Crippen LogP contribution in [0.3, 0.4) is 0 Å². The van der Waals surface area contributed by atoms with E-state index in [0.717, 1.165) is 47.6 Å². The Morgan fingerprint density at radius 3 is 2.75 bits per heavy atom. The summed E-state index contributed by atoms with van der Waals surface area (Å²) in [4.78, 5) is 2.09. The molecule has 0 atom stereocenters. The molecule has 7 heteroatoms. The van der Waals surface area contributed by atoms with E-state index in [1.807, 2.05) is 44.9 Å². The molecule has 2 rings (SSSR count). The van der Waals surface area contributed by atoms with Gasteiger partial charge in [-0.2, -0.15) is 11.8 Å². The average molecular weight is 296 g/mol. The molecule has 2 aromatic rings. The molecule has 0 aliphatic rings. The molecule has 0 spiro atoms. The van der Waals surface area contributed by atoms with Crippen LogP contribution < -0.4 is 5.32 Å². The van der Waals surface area contributed by atoms with E-state index in [2.05, 4.69) is 25.2 Å². The lowest BCUT2D eigenvalue weighted by molar-refractivity contribution is 0.306. The minimum absolute atomic E-state index is 0.719. The van der Waals surface area contributed by atoms with Crippen LogP contribution in [0.25, 0.3) is 0 Å². The first-order valence-corrected chi connectivity index (χ1v) is 7.63. The van der Waals surface area contributed by atoms with Crippen molar-refractivity contribution in [1.82, 2.24) is 15.2 Å². The van der Waals surface area contributed by atoms with E-state index >= 15 is 0 Å². The number of furan rings is 1. The van der Waals surface area contributed by atoms with Gasteiger partial charge in [0.1, 0.15) is 17.2 Å². The normalized spacial score (nSPS) is 11.2. The van der Waals surface area contributed by atoms with Crippen molar-refractivity contribution in [3.63, 3.8) is 0 Å². The van der Waals surface area contributed by atoms with E-state index in [1.54, 1.807) is 0 Å². The number of hydrogen-bond donors (Lipinski definition) is 1. The van der Waals surface area contributed by atoms with E-state index in [4.69, 9.17) is 4.42 Å². The van der Waals surface area contributed by atoms with Crippen molar-refractivity contribution >= 4 is 17.6 Å². The quantitative estimate of drug-likeness (QED) is 0.750. The van der Waals surface area contributed by atoms with Crippen LogP contribution in [0, 0.1) is 6.92 Å². The topological polar surface area (TPSA) is 67.3 Å². The molecule has 0 aliphatic heterocycles. The Balaban J connectivity index is 1.63. The predicted octanol–water partition coefficient (Wildman–Crippen LogP) is 2.38. The molecular formula is C13H20N4O2S. The maximum Gasteiger partial charge on any atom is 0.193 e. The second-order valence-corrected chi connectivity index (χ2v) is 5.89. The zero-order valence-corrected chi connectivity index (χ0v) is 12.9. The highest BCUT2D eigenvalue weighted by atomic mass is 32.2. The van der Waals surface area contributed by atoms with Gasteiger partial charge in [-0.3, -0.25) is 0 Å². The van der Waals surface area contributed by atoms with E-state index < -0.39 is 0 Å². The number of thioether (sulfide) groups is 1. The summed E-state index contributed by atoms with van der Waals surface area (Å²) in [7, 11) is 4.06. The first-order valence-electron chi connectivity index (χ1n) is 6.48. The Kier molecular flexibility index (Phi) is 5.49. The Labute approximate surface area is 122 Å². The number of nitrogens with one attached hydrogen (secondary N) is 1. The van der Waals surface area contributed by atoms with Gasteiger partial charge in [0.25, 0.3) is 0 Å². The average Bonchev–Trinajstić information content (AvgIpc) is 2.98. The van der Waals surface area contributed by atoms with Crippen molar-refractivity contribution in [2.45, 2.75) is 19.2 Å². The third-order valence-electron chi connectivity index (χ3n) is 2.63. The number of rotatable bonds is 8. The van der Waals surface area contributed by atoms with Crippen molar-refractivity contribution in [1.29, 1.82) is 0 Å². The minimum Gasteiger partial charge on any atom is -0.464 e. The molecule has 0 aromatic carbocycles. The first kappa shape index (κ1) is 14.9. The van der Waals surface area contributed by atoms with E-state index in [9.17, 15) is 0 Å². The van der Waals surface area contributed by atoms with Crippen molar-refractivity contribution in [2.75, 3.05) is 31.7 Å². The summed E-state index contributed by atoms with van der Waals surface area (Å²) in [5.41, 5.74) is 0.786. The lowest BCUT2D eigenvalue weighted by Gasteiger charge is -2.05. The van der Waals surface area contributed by atoms with Gasteiger partial charge in [-0.05, 0) is 38.3 Å². The second-order valence-electron chi connectivity index (χ2n) is 4.78. The molecule has 0 saturated carbocycles. The smallest absolute Gasteiger partial charge is 0.193 e. The lowest BCUT2D eigenvalue weighted by Crippen LogP contribution is -2.09. The number of aromatic nitrogens is 2. The molecule has 0 amide bonds. The van der Waals surface area contributed by atoms with Crippen LogP contribution >= 0.6 is 11.8 Å². The summed E-state index contributed by atoms with van der Waals surface area (Å²) in [5, 5.41) is 10.7. The van der Waals surface area contributed by atoms with Gasteiger partial charge in [0.15, 0.2) is 5.82 Å². The van der Waals surface area contributed by atoms with Gasteiger partial charge in [-0.1, -0.05) is 5.16 Å². The van der Waals surface area contributed by atoms with Crippen LogP contribution in [-0.4, -0.2) is 41.6 Å². The van der Waals surface area contributed by atoms with Crippen molar-refractivity contribution in [3.8, 4) is 0 Å². The zero-order chi connectivity index (χ0) is 14.4. The molecule has 6 nitrogen and oxygen atoms in total.